The molecule has 4 N–H and O–H groups in total. The fourth-order valence-corrected chi connectivity index (χ4v) is 3.30. The van der Waals surface area contributed by atoms with Crippen molar-refractivity contribution in [3.05, 3.63) is 35.9 Å². The first kappa shape index (κ1) is 14.8. The second-order valence-electron chi connectivity index (χ2n) is 6.34. The molecule has 1 heterocycles. The molecule has 1 aromatic heterocycles. The van der Waals surface area contributed by atoms with Crippen molar-refractivity contribution >= 4 is 22.6 Å². The number of aliphatic hydroxyl groups is 1. The lowest BCUT2D eigenvalue weighted by molar-refractivity contribution is 0.100. The monoisotopic (exact) mass is 299 g/mol. The minimum Gasteiger partial charge on any atom is -0.396 e. The van der Waals surface area contributed by atoms with E-state index in [1.54, 1.807) is 6.07 Å². The fraction of sp³-hybridized carbons (Fsp3) is 0.412. The average molecular weight is 299 g/mol. The van der Waals surface area contributed by atoms with E-state index in [4.69, 9.17) is 5.73 Å². The van der Waals surface area contributed by atoms with Gasteiger partial charge < -0.3 is 16.2 Å². The number of carbonyl (C=O) groups is 1. The third-order valence-electron chi connectivity index (χ3n) is 4.75. The Balaban J connectivity index is 1.99. The van der Waals surface area contributed by atoms with Gasteiger partial charge in [-0.15, -0.1) is 0 Å². The Bertz CT molecular complexity index is 716. The summed E-state index contributed by atoms with van der Waals surface area (Å²) in [6.07, 6.45) is 3.04. The Labute approximate surface area is 129 Å². The number of benzene rings is 1. The molecule has 3 rings (SSSR count). The summed E-state index contributed by atoms with van der Waals surface area (Å²) in [5.74, 6) is 0.178. The van der Waals surface area contributed by atoms with Crippen LogP contribution in [0.15, 0.2) is 30.3 Å². The molecule has 0 radical (unpaired) electrons. The first-order valence-corrected chi connectivity index (χ1v) is 7.60. The van der Waals surface area contributed by atoms with Crippen LogP contribution < -0.4 is 11.1 Å². The summed E-state index contributed by atoms with van der Waals surface area (Å²) in [6.45, 7) is 2.22. The van der Waals surface area contributed by atoms with Gasteiger partial charge in [0.1, 0.15) is 5.82 Å². The van der Waals surface area contributed by atoms with Gasteiger partial charge in [-0.25, -0.2) is 4.98 Å². The van der Waals surface area contributed by atoms with Crippen LogP contribution in [0.5, 0.6) is 0 Å². The van der Waals surface area contributed by atoms with Crippen LogP contribution >= 0.6 is 0 Å². The van der Waals surface area contributed by atoms with E-state index < -0.39 is 5.91 Å². The van der Waals surface area contributed by atoms with Crippen molar-refractivity contribution in [2.45, 2.75) is 32.2 Å². The summed E-state index contributed by atoms with van der Waals surface area (Å²) in [4.78, 5) is 16.3. The fourth-order valence-electron chi connectivity index (χ4n) is 3.30. The molecule has 2 atom stereocenters. The summed E-state index contributed by atoms with van der Waals surface area (Å²) in [5, 5.41) is 13.8. The number of rotatable bonds is 4. The summed E-state index contributed by atoms with van der Waals surface area (Å²) < 4.78 is 0. The van der Waals surface area contributed by atoms with E-state index in [-0.39, 0.29) is 18.1 Å². The number of aliphatic hydroxyl groups excluding tert-OH is 1. The van der Waals surface area contributed by atoms with Crippen LogP contribution in [0.1, 0.15) is 36.5 Å². The van der Waals surface area contributed by atoms with Crippen molar-refractivity contribution in [3.8, 4) is 0 Å². The molecule has 1 aliphatic carbocycles. The third-order valence-corrected chi connectivity index (χ3v) is 4.75. The number of carbonyl (C=O) groups excluding carboxylic acids is 1. The van der Waals surface area contributed by atoms with Crippen LogP contribution in [0.2, 0.25) is 0 Å². The van der Waals surface area contributed by atoms with Gasteiger partial charge in [-0.05, 0) is 25.0 Å². The molecule has 0 spiro atoms. The maximum atomic E-state index is 11.7. The van der Waals surface area contributed by atoms with Crippen molar-refractivity contribution in [2.24, 2.45) is 11.1 Å². The Morgan fingerprint density at radius 1 is 1.50 bits per heavy atom. The van der Waals surface area contributed by atoms with Gasteiger partial charge in [0.05, 0.1) is 17.7 Å². The second kappa shape index (κ2) is 5.57. The molecule has 1 amide bonds. The minimum atomic E-state index is -0.460. The maximum Gasteiger partial charge on any atom is 0.249 e. The lowest BCUT2D eigenvalue weighted by atomic mass is 9.86. The number of nitrogens with zero attached hydrogens (tertiary/aromatic N) is 1. The Hall–Kier alpha value is -2.14. The third kappa shape index (κ3) is 2.52. The van der Waals surface area contributed by atoms with E-state index >= 15 is 0 Å². The van der Waals surface area contributed by atoms with Crippen LogP contribution in [0.3, 0.4) is 0 Å². The molecular weight excluding hydrogens is 278 g/mol. The van der Waals surface area contributed by atoms with Crippen LogP contribution in [-0.4, -0.2) is 28.6 Å². The molecule has 1 fully saturated rings. The summed E-state index contributed by atoms with van der Waals surface area (Å²) in [7, 11) is 0. The van der Waals surface area contributed by atoms with Gasteiger partial charge in [-0.1, -0.05) is 31.5 Å². The van der Waals surface area contributed by atoms with Gasteiger partial charge in [0.25, 0.3) is 0 Å². The number of pyridine rings is 1. The number of nitrogens with one attached hydrogen (secondary N) is 1. The quantitative estimate of drug-likeness (QED) is 0.808. The molecule has 5 nitrogen and oxygen atoms in total. The van der Waals surface area contributed by atoms with Crippen LogP contribution in [-0.2, 0) is 0 Å². The smallest absolute Gasteiger partial charge is 0.249 e. The molecule has 22 heavy (non-hydrogen) atoms. The summed E-state index contributed by atoms with van der Waals surface area (Å²) in [5.41, 5.74) is 6.56. The highest BCUT2D eigenvalue weighted by Gasteiger charge is 2.38. The number of aromatic nitrogens is 1. The molecule has 116 valence electrons. The zero-order valence-electron chi connectivity index (χ0n) is 12.7. The zero-order valence-corrected chi connectivity index (χ0v) is 12.7. The highest BCUT2D eigenvalue weighted by Crippen LogP contribution is 2.39. The normalized spacial score (nSPS) is 24.5. The van der Waals surface area contributed by atoms with Crippen LogP contribution in [0.25, 0.3) is 10.9 Å². The minimum absolute atomic E-state index is 0.140. The summed E-state index contributed by atoms with van der Waals surface area (Å²) in [6, 6.07) is 9.32. The number of nitrogens with two attached hydrogens (primary N) is 1. The number of amides is 1. The second-order valence-corrected chi connectivity index (χ2v) is 6.34. The topological polar surface area (TPSA) is 88.2 Å². The highest BCUT2D eigenvalue weighted by atomic mass is 16.3. The summed E-state index contributed by atoms with van der Waals surface area (Å²) >= 11 is 0. The van der Waals surface area contributed by atoms with E-state index in [9.17, 15) is 9.90 Å². The molecule has 0 saturated heterocycles. The molecule has 0 bridgehead atoms. The SMILES string of the molecule is C[C@@]1(CO)CCC[C@@H]1Nc1cc(C(N)=O)c2ccccc2n1. The van der Waals surface area contributed by atoms with Crippen molar-refractivity contribution in [3.63, 3.8) is 0 Å². The van der Waals surface area contributed by atoms with Gasteiger partial charge in [-0.3, -0.25) is 4.79 Å². The first-order valence-electron chi connectivity index (χ1n) is 7.60. The number of hydrogen-bond donors (Lipinski definition) is 3. The van der Waals surface area contributed by atoms with Crippen LogP contribution in [0, 0.1) is 5.41 Å². The molecule has 1 aliphatic rings. The Kier molecular flexibility index (Phi) is 3.74. The van der Waals surface area contributed by atoms with E-state index in [1.807, 2.05) is 24.3 Å². The van der Waals surface area contributed by atoms with E-state index in [1.165, 1.54) is 0 Å². The molecule has 1 aromatic carbocycles. The van der Waals surface area contributed by atoms with Gasteiger partial charge in [0.15, 0.2) is 0 Å². The molecule has 2 aromatic rings. The molecule has 0 unspecified atom stereocenters. The van der Waals surface area contributed by atoms with Gasteiger partial charge in [0.2, 0.25) is 5.91 Å². The van der Waals surface area contributed by atoms with Crippen molar-refractivity contribution < 1.29 is 9.90 Å². The Morgan fingerprint density at radius 2 is 2.27 bits per heavy atom. The average Bonchev–Trinajstić information content (AvgIpc) is 2.88. The van der Waals surface area contributed by atoms with E-state index in [2.05, 4.69) is 17.2 Å². The van der Waals surface area contributed by atoms with Gasteiger partial charge >= 0.3 is 0 Å². The molecule has 5 heteroatoms. The number of primary amides is 1. The van der Waals surface area contributed by atoms with Crippen molar-refractivity contribution in [1.29, 1.82) is 0 Å². The van der Waals surface area contributed by atoms with Gasteiger partial charge in [0, 0.05) is 16.8 Å². The maximum absolute atomic E-state index is 11.7. The predicted molar refractivity (Wildman–Crippen MR) is 86.7 cm³/mol. The number of anilines is 1. The largest absolute Gasteiger partial charge is 0.396 e. The lowest BCUT2D eigenvalue weighted by Crippen LogP contribution is -2.36. The zero-order chi connectivity index (χ0) is 15.7. The Morgan fingerprint density at radius 3 is 3.00 bits per heavy atom. The van der Waals surface area contributed by atoms with Gasteiger partial charge in [-0.2, -0.15) is 0 Å². The molecule has 1 saturated carbocycles. The van der Waals surface area contributed by atoms with E-state index in [0.29, 0.717) is 11.4 Å². The van der Waals surface area contributed by atoms with Crippen molar-refractivity contribution in [1.82, 2.24) is 4.98 Å². The highest BCUT2D eigenvalue weighted by molar-refractivity contribution is 6.06. The number of fused-ring (bicyclic) bond motifs is 1. The van der Waals surface area contributed by atoms with Crippen molar-refractivity contribution in [2.75, 3.05) is 11.9 Å². The number of hydrogen-bond acceptors (Lipinski definition) is 4. The number of para-hydroxylation sites is 1. The first-order chi connectivity index (χ1) is 10.5. The lowest BCUT2D eigenvalue weighted by Gasteiger charge is -2.30. The molecule has 0 aliphatic heterocycles. The predicted octanol–water partition coefficient (Wildman–Crippen LogP) is 2.30. The molecular formula is C17H21N3O2. The van der Waals surface area contributed by atoms with Crippen LogP contribution in [0.4, 0.5) is 5.82 Å². The standard InChI is InChI=1S/C17H21N3O2/c1-17(10-21)8-4-7-14(17)20-15-9-12(16(18)22)11-5-2-3-6-13(11)19-15/h2-3,5-6,9,14,21H,4,7-8,10H2,1H3,(H2,18,22)(H,19,20)/t14-,17-/m0/s1. The van der Waals surface area contributed by atoms with E-state index in [0.717, 1.165) is 30.2 Å².